The van der Waals surface area contributed by atoms with Gasteiger partial charge in [-0.15, -0.1) is 24.8 Å². The molecule has 0 aromatic heterocycles. The van der Waals surface area contributed by atoms with E-state index in [4.69, 9.17) is 10.5 Å². The van der Waals surface area contributed by atoms with Gasteiger partial charge in [0.15, 0.2) is 0 Å². The Kier molecular flexibility index (Phi) is 11.7. The molecule has 0 atom stereocenters. The lowest BCUT2D eigenvalue weighted by Gasteiger charge is -2.32. The smallest absolute Gasteiger partial charge is 0.253 e. The van der Waals surface area contributed by atoms with Crippen LogP contribution in [0.2, 0.25) is 0 Å². The Morgan fingerprint density at radius 1 is 1.03 bits per heavy atom. The van der Waals surface area contributed by atoms with Gasteiger partial charge in [0.2, 0.25) is 0 Å². The van der Waals surface area contributed by atoms with E-state index in [1.165, 1.54) is 5.56 Å². The van der Waals surface area contributed by atoms with Crippen LogP contribution >= 0.6 is 24.8 Å². The number of halogens is 2. The Morgan fingerprint density at radius 3 is 2.38 bits per heavy atom. The third-order valence-electron chi connectivity index (χ3n) is 4.95. The van der Waals surface area contributed by atoms with Crippen molar-refractivity contribution in [2.45, 2.75) is 31.9 Å². The summed E-state index contributed by atoms with van der Waals surface area (Å²) < 4.78 is 5.99. The Bertz CT molecular complexity index is 723. The van der Waals surface area contributed by atoms with E-state index in [1.54, 1.807) is 12.1 Å². The first-order valence-corrected chi connectivity index (χ1v) is 9.73. The van der Waals surface area contributed by atoms with Crippen LogP contribution in [0, 0.1) is 0 Å². The van der Waals surface area contributed by atoms with Crippen molar-refractivity contribution in [2.24, 2.45) is 0 Å². The van der Waals surface area contributed by atoms with E-state index in [2.05, 4.69) is 40.5 Å². The van der Waals surface area contributed by atoms with Crippen LogP contribution in [0.3, 0.4) is 0 Å². The molecular weight excluding hydrogens is 409 g/mol. The lowest BCUT2D eigenvalue weighted by molar-refractivity contribution is 0.00515. The molecule has 2 aromatic rings. The third-order valence-corrected chi connectivity index (χ3v) is 4.95. The monoisotopic (exact) mass is 439 g/mol. The Hall–Kier alpha value is -1.79. The molecule has 0 spiro atoms. The largest absolute Gasteiger partial charge is 0.398 e. The number of benzene rings is 2. The maximum atomic E-state index is 12.1. The number of ether oxygens (including phenoxy) is 1. The number of amides is 1. The highest BCUT2D eigenvalue weighted by Crippen LogP contribution is 2.16. The van der Waals surface area contributed by atoms with Gasteiger partial charge >= 0.3 is 0 Å². The van der Waals surface area contributed by atoms with Crippen molar-refractivity contribution in [1.82, 2.24) is 10.2 Å². The number of para-hydroxylation sites is 1. The zero-order valence-electron chi connectivity index (χ0n) is 16.6. The summed E-state index contributed by atoms with van der Waals surface area (Å²) >= 11 is 0. The molecule has 1 heterocycles. The molecule has 1 saturated heterocycles. The highest BCUT2D eigenvalue weighted by Gasteiger charge is 2.19. The minimum atomic E-state index is -0.123. The van der Waals surface area contributed by atoms with Gasteiger partial charge in [0.25, 0.3) is 5.91 Å². The quantitative estimate of drug-likeness (QED) is 0.483. The number of nitrogens with one attached hydrogen (secondary N) is 1. The van der Waals surface area contributed by atoms with Crippen LogP contribution in [0.4, 0.5) is 5.69 Å². The van der Waals surface area contributed by atoms with Crippen LogP contribution in [0.15, 0.2) is 54.6 Å². The first-order chi connectivity index (χ1) is 13.2. The summed E-state index contributed by atoms with van der Waals surface area (Å²) in [5.41, 5.74) is 8.23. The molecule has 1 amide bonds. The van der Waals surface area contributed by atoms with Gasteiger partial charge in [-0.05, 0) is 37.0 Å². The van der Waals surface area contributed by atoms with E-state index in [9.17, 15) is 4.79 Å². The van der Waals surface area contributed by atoms with Gasteiger partial charge in [-0.25, -0.2) is 0 Å². The molecule has 1 aliphatic heterocycles. The van der Waals surface area contributed by atoms with E-state index in [-0.39, 0.29) is 30.7 Å². The van der Waals surface area contributed by atoms with Gasteiger partial charge in [-0.1, -0.05) is 42.5 Å². The molecule has 1 fully saturated rings. The molecule has 1 aliphatic rings. The molecule has 3 N–H and O–H groups in total. The van der Waals surface area contributed by atoms with Crippen molar-refractivity contribution >= 4 is 36.4 Å². The van der Waals surface area contributed by atoms with Crippen LogP contribution in [0.25, 0.3) is 0 Å². The summed E-state index contributed by atoms with van der Waals surface area (Å²) in [5, 5.41) is 2.90. The first kappa shape index (κ1) is 25.2. The fraction of sp³-hybridized carbons (Fsp3) is 0.409. The molecule has 3 rings (SSSR count). The van der Waals surface area contributed by atoms with E-state index >= 15 is 0 Å². The molecule has 5 nitrogen and oxygen atoms in total. The fourth-order valence-electron chi connectivity index (χ4n) is 3.40. The van der Waals surface area contributed by atoms with Gasteiger partial charge < -0.3 is 15.8 Å². The van der Waals surface area contributed by atoms with Gasteiger partial charge in [-0.2, -0.15) is 0 Å². The highest BCUT2D eigenvalue weighted by atomic mass is 35.5. The average Bonchev–Trinajstić information content (AvgIpc) is 2.70. The van der Waals surface area contributed by atoms with E-state index in [0.717, 1.165) is 38.9 Å². The topological polar surface area (TPSA) is 67.6 Å². The maximum Gasteiger partial charge on any atom is 0.253 e. The lowest BCUT2D eigenvalue weighted by atomic mass is 10.1. The average molecular weight is 440 g/mol. The number of carbonyl (C=O) groups excluding carboxylic acids is 1. The number of nitrogens with zero attached hydrogens (tertiary/aromatic N) is 1. The molecule has 2 aromatic carbocycles. The van der Waals surface area contributed by atoms with E-state index in [0.29, 0.717) is 30.5 Å². The predicted molar refractivity (Wildman–Crippen MR) is 123 cm³/mol. The van der Waals surface area contributed by atoms with Crippen molar-refractivity contribution in [3.05, 3.63) is 65.7 Å². The van der Waals surface area contributed by atoms with Crippen molar-refractivity contribution in [3.8, 4) is 0 Å². The van der Waals surface area contributed by atoms with Crippen molar-refractivity contribution in [2.75, 3.05) is 32.0 Å². The molecule has 0 radical (unpaired) electrons. The summed E-state index contributed by atoms with van der Waals surface area (Å²) in [5.74, 6) is -0.123. The zero-order chi connectivity index (χ0) is 18.9. The van der Waals surface area contributed by atoms with Crippen molar-refractivity contribution in [3.63, 3.8) is 0 Å². The normalized spacial score (nSPS) is 14.5. The number of rotatable bonds is 8. The summed E-state index contributed by atoms with van der Waals surface area (Å²) in [6.45, 7) is 4.43. The molecule has 0 unspecified atom stereocenters. The minimum Gasteiger partial charge on any atom is -0.398 e. The van der Waals surface area contributed by atoms with Gasteiger partial charge in [-0.3, -0.25) is 9.69 Å². The number of likely N-dealkylation sites (tertiary alicyclic amines) is 1. The lowest BCUT2D eigenvalue weighted by Crippen LogP contribution is -2.37. The maximum absolute atomic E-state index is 12.1. The standard InChI is InChI=1S/C22H29N3O2.2ClH/c23-21-10-5-4-9-20(21)22(26)24-13-6-16-27-19-11-14-25(15-12-19)17-18-7-2-1-3-8-18;;/h1-5,7-10,19H,6,11-17,23H2,(H,24,26);2*1H. The SMILES string of the molecule is Cl.Cl.Nc1ccccc1C(=O)NCCCOC1CCN(Cc2ccccc2)CC1. The second-order valence-corrected chi connectivity index (χ2v) is 7.03. The van der Waals surface area contributed by atoms with Gasteiger partial charge in [0.1, 0.15) is 0 Å². The van der Waals surface area contributed by atoms with Crippen LogP contribution in [0.5, 0.6) is 0 Å². The van der Waals surface area contributed by atoms with Crippen molar-refractivity contribution in [1.29, 1.82) is 0 Å². The van der Waals surface area contributed by atoms with Crippen molar-refractivity contribution < 1.29 is 9.53 Å². The van der Waals surface area contributed by atoms with Gasteiger partial charge in [0.05, 0.1) is 11.7 Å². The zero-order valence-corrected chi connectivity index (χ0v) is 18.2. The molecule has 0 saturated carbocycles. The van der Waals surface area contributed by atoms with Crippen LogP contribution in [0.1, 0.15) is 35.2 Å². The number of hydrogen-bond donors (Lipinski definition) is 2. The Balaban J connectivity index is 0.00000210. The fourth-order valence-corrected chi connectivity index (χ4v) is 3.40. The third kappa shape index (κ3) is 8.23. The molecule has 160 valence electrons. The molecular formula is C22H31Cl2N3O2. The van der Waals surface area contributed by atoms with E-state index < -0.39 is 0 Å². The molecule has 0 bridgehead atoms. The van der Waals surface area contributed by atoms with E-state index in [1.807, 2.05) is 12.1 Å². The van der Waals surface area contributed by atoms with Crippen LogP contribution < -0.4 is 11.1 Å². The van der Waals surface area contributed by atoms with Crippen LogP contribution in [-0.4, -0.2) is 43.2 Å². The number of piperidine rings is 1. The van der Waals surface area contributed by atoms with Crippen LogP contribution in [-0.2, 0) is 11.3 Å². The second-order valence-electron chi connectivity index (χ2n) is 7.03. The molecule has 7 heteroatoms. The molecule has 0 aliphatic carbocycles. The number of carbonyl (C=O) groups is 1. The predicted octanol–water partition coefficient (Wildman–Crippen LogP) is 3.91. The Labute approximate surface area is 185 Å². The molecule has 29 heavy (non-hydrogen) atoms. The number of nitrogens with two attached hydrogens (primary N) is 1. The number of hydrogen-bond acceptors (Lipinski definition) is 4. The Morgan fingerprint density at radius 2 is 1.69 bits per heavy atom. The minimum absolute atomic E-state index is 0. The first-order valence-electron chi connectivity index (χ1n) is 9.73. The summed E-state index contributed by atoms with van der Waals surface area (Å²) in [4.78, 5) is 14.6. The number of nitrogen functional groups attached to an aromatic ring is 1. The summed E-state index contributed by atoms with van der Waals surface area (Å²) in [7, 11) is 0. The summed E-state index contributed by atoms with van der Waals surface area (Å²) in [6.07, 6.45) is 3.28. The highest BCUT2D eigenvalue weighted by molar-refractivity contribution is 5.99. The number of anilines is 1. The van der Waals surface area contributed by atoms with Gasteiger partial charge in [0, 0.05) is 38.5 Å². The second kappa shape index (κ2) is 13.4. The summed E-state index contributed by atoms with van der Waals surface area (Å²) in [6, 6.07) is 17.7.